The van der Waals surface area contributed by atoms with Crippen LogP contribution >= 0.6 is 0 Å². The first-order valence-corrected chi connectivity index (χ1v) is 17.0. The maximum atomic E-state index is 14.3. The van der Waals surface area contributed by atoms with Gasteiger partial charge >= 0.3 is 6.03 Å². The molecule has 12 heteroatoms. The van der Waals surface area contributed by atoms with Gasteiger partial charge in [0, 0.05) is 19.6 Å². The normalized spacial score (nSPS) is 22.9. The number of Topliss-reactive ketones (excluding diaryl/α,β-unsaturated/α-hetero) is 1. The topological polar surface area (TPSA) is 166 Å². The van der Waals surface area contributed by atoms with E-state index in [0.717, 1.165) is 44.9 Å². The molecule has 0 aromatic rings. The number of nitrogens with one attached hydrogen (secondary N) is 5. The lowest BCUT2D eigenvalue weighted by molar-refractivity contribution is -0.146. The highest BCUT2D eigenvalue weighted by Crippen LogP contribution is 2.39. The summed E-state index contributed by atoms with van der Waals surface area (Å²) in [4.78, 5) is 81.8. The van der Waals surface area contributed by atoms with Gasteiger partial charge in [-0.05, 0) is 55.3 Å². The lowest BCUT2D eigenvalue weighted by Gasteiger charge is -2.42. The van der Waals surface area contributed by atoms with Crippen molar-refractivity contribution in [3.05, 3.63) is 12.7 Å². The Morgan fingerprint density at radius 2 is 1.61 bits per heavy atom. The standard InChI is InChI=1S/C34H56N6O6/c1-8-18-36-29(43)25(41)23(20-22-13-14-22)37-28(42)24-21(3)15-19-40(24)31(45)27(33(4,5)6)38-30(44)26(39-32(46)35-9-2)34(7)16-11-10-12-17-34/h8,21-24,26-27H,1,9-20H2,2-7H3,(H,36,43)(H,37,42)(H,38,44)(H2,35,39,46)/t21-,23?,24-,26+,27+/m0/s1. The third-order valence-electron chi connectivity index (χ3n) is 9.75. The molecule has 3 aliphatic rings. The average Bonchev–Trinajstić information content (AvgIpc) is 3.73. The zero-order valence-corrected chi connectivity index (χ0v) is 28.6. The van der Waals surface area contributed by atoms with Crippen molar-refractivity contribution >= 4 is 35.4 Å². The Hall–Kier alpha value is -3.44. The minimum Gasteiger partial charge on any atom is -0.346 e. The molecule has 0 aromatic carbocycles. The van der Waals surface area contributed by atoms with E-state index in [1.165, 1.54) is 11.0 Å². The molecule has 1 heterocycles. The molecular weight excluding hydrogens is 588 g/mol. The summed E-state index contributed by atoms with van der Waals surface area (Å²) in [5.74, 6) is -2.77. The van der Waals surface area contributed by atoms with Crippen LogP contribution in [-0.4, -0.2) is 84.1 Å². The van der Waals surface area contributed by atoms with Crippen molar-refractivity contribution in [3.63, 3.8) is 0 Å². The van der Waals surface area contributed by atoms with E-state index in [1.807, 2.05) is 34.6 Å². The summed E-state index contributed by atoms with van der Waals surface area (Å²) in [6.07, 6.45) is 8.76. The molecule has 6 amide bonds. The summed E-state index contributed by atoms with van der Waals surface area (Å²) in [6, 6.07) is -4.15. The molecule has 5 atom stereocenters. The summed E-state index contributed by atoms with van der Waals surface area (Å²) in [5.41, 5.74) is -1.21. The SMILES string of the molecule is C=CCNC(=O)C(=O)C(CC1CC1)NC(=O)[C@@H]1[C@@H](C)CCN1C(=O)[C@@H](NC(=O)[C@@H](NC(=O)NCC)C1(C)CCCCC1)C(C)(C)C. The largest absolute Gasteiger partial charge is 0.346 e. The van der Waals surface area contributed by atoms with Gasteiger partial charge in [0.05, 0.1) is 6.04 Å². The highest BCUT2D eigenvalue weighted by molar-refractivity contribution is 6.38. The van der Waals surface area contributed by atoms with Crippen LogP contribution in [0.3, 0.4) is 0 Å². The van der Waals surface area contributed by atoms with Gasteiger partial charge in [0.25, 0.3) is 5.91 Å². The van der Waals surface area contributed by atoms with Crippen molar-refractivity contribution in [2.45, 2.75) is 123 Å². The van der Waals surface area contributed by atoms with E-state index < -0.39 is 70.4 Å². The van der Waals surface area contributed by atoms with E-state index in [9.17, 15) is 28.8 Å². The summed E-state index contributed by atoms with van der Waals surface area (Å²) in [6.45, 7) is 15.7. The molecule has 0 spiro atoms. The molecular formula is C34H56N6O6. The third kappa shape index (κ3) is 9.54. The number of likely N-dealkylation sites (tertiary alicyclic amines) is 1. The first kappa shape index (κ1) is 37.0. The number of nitrogens with zero attached hydrogens (tertiary/aromatic N) is 1. The number of ketones is 1. The molecule has 1 unspecified atom stereocenters. The summed E-state index contributed by atoms with van der Waals surface area (Å²) < 4.78 is 0. The number of carbonyl (C=O) groups is 6. The van der Waals surface area contributed by atoms with Crippen LogP contribution in [0.4, 0.5) is 4.79 Å². The molecule has 258 valence electrons. The molecule has 2 saturated carbocycles. The molecule has 46 heavy (non-hydrogen) atoms. The van der Waals surface area contributed by atoms with E-state index >= 15 is 0 Å². The second kappa shape index (κ2) is 15.9. The van der Waals surface area contributed by atoms with Crippen LogP contribution in [0.5, 0.6) is 0 Å². The maximum absolute atomic E-state index is 14.3. The number of hydrogen-bond acceptors (Lipinski definition) is 6. The molecule has 5 N–H and O–H groups in total. The number of rotatable bonds is 14. The number of hydrogen-bond donors (Lipinski definition) is 5. The van der Waals surface area contributed by atoms with Gasteiger partial charge in [0.2, 0.25) is 23.5 Å². The Morgan fingerprint density at radius 1 is 0.957 bits per heavy atom. The number of urea groups is 1. The molecule has 0 radical (unpaired) electrons. The molecule has 0 aromatic heterocycles. The van der Waals surface area contributed by atoms with E-state index in [-0.39, 0.29) is 18.4 Å². The third-order valence-corrected chi connectivity index (χ3v) is 9.75. The lowest BCUT2D eigenvalue weighted by atomic mass is 9.70. The van der Waals surface area contributed by atoms with Gasteiger partial charge in [0.15, 0.2) is 0 Å². The van der Waals surface area contributed by atoms with E-state index in [0.29, 0.717) is 25.9 Å². The Labute approximate surface area is 274 Å². The molecule has 0 bridgehead atoms. The summed E-state index contributed by atoms with van der Waals surface area (Å²) in [5, 5.41) is 13.9. The molecule has 3 rings (SSSR count). The minimum atomic E-state index is -0.995. The monoisotopic (exact) mass is 644 g/mol. The van der Waals surface area contributed by atoms with Crippen LogP contribution in [-0.2, 0) is 24.0 Å². The smallest absolute Gasteiger partial charge is 0.315 e. The molecule has 1 aliphatic heterocycles. The van der Waals surface area contributed by atoms with Gasteiger partial charge in [-0.1, -0.05) is 72.8 Å². The van der Waals surface area contributed by atoms with Crippen molar-refractivity contribution in [1.29, 1.82) is 0 Å². The molecule has 12 nitrogen and oxygen atoms in total. The van der Waals surface area contributed by atoms with Crippen LogP contribution in [0.25, 0.3) is 0 Å². The summed E-state index contributed by atoms with van der Waals surface area (Å²) >= 11 is 0. The zero-order valence-electron chi connectivity index (χ0n) is 28.6. The van der Waals surface area contributed by atoms with Crippen LogP contribution < -0.4 is 26.6 Å². The van der Waals surface area contributed by atoms with Crippen LogP contribution in [0.1, 0.15) is 99.3 Å². The zero-order chi connectivity index (χ0) is 34.2. The van der Waals surface area contributed by atoms with Crippen molar-refractivity contribution in [2.75, 3.05) is 19.6 Å². The van der Waals surface area contributed by atoms with Gasteiger partial charge in [-0.2, -0.15) is 0 Å². The highest BCUT2D eigenvalue weighted by Gasteiger charge is 2.48. The Bertz CT molecular complexity index is 1160. The molecule has 2 aliphatic carbocycles. The van der Waals surface area contributed by atoms with Gasteiger partial charge < -0.3 is 31.5 Å². The van der Waals surface area contributed by atoms with Gasteiger partial charge in [-0.25, -0.2) is 4.79 Å². The van der Waals surface area contributed by atoms with Crippen molar-refractivity contribution in [1.82, 2.24) is 31.5 Å². The minimum absolute atomic E-state index is 0.134. The first-order chi connectivity index (χ1) is 21.6. The summed E-state index contributed by atoms with van der Waals surface area (Å²) in [7, 11) is 0. The molecule has 3 fully saturated rings. The number of carbonyl (C=O) groups excluding carboxylic acids is 6. The fraction of sp³-hybridized carbons (Fsp3) is 0.765. The van der Waals surface area contributed by atoms with Gasteiger partial charge in [-0.15, -0.1) is 6.58 Å². The number of amides is 6. The van der Waals surface area contributed by atoms with E-state index in [2.05, 4.69) is 33.2 Å². The van der Waals surface area contributed by atoms with Gasteiger partial charge in [0.1, 0.15) is 18.1 Å². The lowest BCUT2D eigenvalue weighted by Crippen LogP contribution is -2.64. The average molecular weight is 645 g/mol. The van der Waals surface area contributed by atoms with Crippen LogP contribution in [0.2, 0.25) is 0 Å². The van der Waals surface area contributed by atoms with Crippen LogP contribution in [0.15, 0.2) is 12.7 Å². The predicted molar refractivity (Wildman–Crippen MR) is 175 cm³/mol. The second-order valence-electron chi connectivity index (χ2n) is 14.8. The fourth-order valence-corrected chi connectivity index (χ4v) is 6.77. The second-order valence-corrected chi connectivity index (χ2v) is 14.8. The van der Waals surface area contributed by atoms with Crippen molar-refractivity contribution < 1.29 is 28.8 Å². The Morgan fingerprint density at radius 3 is 2.17 bits per heavy atom. The predicted octanol–water partition coefficient (Wildman–Crippen LogP) is 2.57. The maximum Gasteiger partial charge on any atom is 0.315 e. The fourth-order valence-electron chi connectivity index (χ4n) is 6.77. The van der Waals surface area contributed by atoms with Crippen LogP contribution in [0, 0.1) is 22.7 Å². The Balaban J connectivity index is 1.83. The van der Waals surface area contributed by atoms with Crippen molar-refractivity contribution in [3.8, 4) is 0 Å². The van der Waals surface area contributed by atoms with E-state index in [1.54, 1.807) is 6.92 Å². The molecule has 1 saturated heterocycles. The van der Waals surface area contributed by atoms with Crippen molar-refractivity contribution in [2.24, 2.45) is 22.7 Å². The first-order valence-electron chi connectivity index (χ1n) is 17.0. The van der Waals surface area contributed by atoms with Gasteiger partial charge in [-0.3, -0.25) is 24.0 Å². The quantitative estimate of drug-likeness (QED) is 0.144. The van der Waals surface area contributed by atoms with E-state index in [4.69, 9.17) is 0 Å². The Kier molecular flexibility index (Phi) is 12.8. The highest BCUT2D eigenvalue weighted by atomic mass is 16.2.